The van der Waals surface area contributed by atoms with Crippen molar-refractivity contribution in [3.05, 3.63) is 16.7 Å². The third-order valence-electron chi connectivity index (χ3n) is 4.86. The van der Waals surface area contributed by atoms with Crippen molar-refractivity contribution >= 4 is 48.2 Å². The number of fused-ring (bicyclic) bond motifs is 1. The molecule has 1 saturated heterocycles. The van der Waals surface area contributed by atoms with E-state index in [4.69, 9.17) is 24.3 Å². The van der Waals surface area contributed by atoms with Gasteiger partial charge in [0.05, 0.1) is 32.3 Å². The summed E-state index contributed by atoms with van der Waals surface area (Å²) in [5.41, 5.74) is 6.28. The monoisotopic (exact) mass is 518 g/mol. The van der Waals surface area contributed by atoms with Crippen LogP contribution in [0.15, 0.2) is 11.1 Å². The quantitative estimate of drug-likeness (QED) is 0.146. The second-order valence-corrected chi connectivity index (χ2v) is 10.1. The molecule has 0 radical (unpaired) electrons. The molecule has 0 bridgehead atoms. The van der Waals surface area contributed by atoms with Crippen molar-refractivity contribution in [2.45, 2.75) is 32.6 Å². The summed E-state index contributed by atoms with van der Waals surface area (Å²) in [5, 5.41) is 2.47. The number of imidazole rings is 1. The molecule has 3 rings (SSSR count). The van der Waals surface area contributed by atoms with Gasteiger partial charge in [0.15, 0.2) is 16.8 Å². The topological polar surface area (TPSA) is 190 Å². The number of nitrogen functional groups attached to an aromatic ring is 1. The first-order chi connectivity index (χ1) is 16.3. The van der Waals surface area contributed by atoms with Crippen LogP contribution >= 0.6 is 19.5 Å². The van der Waals surface area contributed by atoms with Gasteiger partial charge >= 0.3 is 13.7 Å². The predicted octanol–water partition coefficient (Wildman–Crippen LogP) is 0.843. The highest BCUT2D eigenvalue weighted by molar-refractivity contribution is 8.11. The van der Waals surface area contributed by atoms with Gasteiger partial charge in [-0.3, -0.25) is 33.0 Å². The number of aromatic amines is 1. The number of carbonyl (C=O) groups is 2. The molecule has 1 aliphatic heterocycles. The average molecular weight is 518 g/mol. The SMILES string of the molecule is CCOC(=O)CNP(=O)(OCCSC=O)OCC1CC(C)C(n2cnc3c(=O)[nH]c(N)nc32)O1. The number of nitrogens with zero attached hydrogens (tertiary/aromatic N) is 3. The molecule has 0 amide bonds. The Labute approximate surface area is 198 Å². The zero-order chi connectivity index (χ0) is 24.7. The van der Waals surface area contributed by atoms with Gasteiger partial charge in [-0.05, 0) is 13.3 Å². The molecular weight excluding hydrogens is 491 g/mol. The molecule has 3 heterocycles. The smallest absolute Gasteiger partial charge is 0.406 e. The predicted molar refractivity (Wildman–Crippen MR) is 124 cm³/mol. The molecule has 0 saturated carbocycles. The summed E-state index contributed by atoms with van der Waals surface area (Å²) in [7, 11) is -3.89. The molecule has 14 nitrogen and oxygen atoms in total. The van der Waals surface area contributed by atoms with Crippen LogP contribution in [0.3, 0.4) is 0 Å². The molecule has 2 aromatic heterocycles. The van der Waals surface area contributed by atoms with E-state index >= 15 is 0 Å². The van der Waals surface area contributed by atoms with Crippen LogP contribution in [0.4, 0.5) is 5.95 Å². The summed E-state index contributed by atoms with van der Waals surface area (Å²) in [6.07, 6.45) is 1.02. The minimum Gasteiger partial charge on any atom is -0.465 e. The number of esters is 1. The molecule has 34 heavy (non-hydrogen) atoms. The molecule has 0 spiro atoms. The number of ether oxygens (including phenoxy) is 2. The van der Waals surface area contributed by atoms with E-state index in [-0.39, 0.29) is 55.1 Å². The number of hydrogen-bond acceptors (Lipinski definition) is 12. The summed E-state index contributed by atoms with van der Waals surface area (Å²) in [6.45, 7) is 3.26. The molecule has 2 aromatic rings. The zero-order valence-electron chi connectivity index (χ0n) is 18.7. The van der Waals surface area contributed by atoms with E-state index in [1.54, 1.807) is 11.5 Å². The number of nitrogens with one attached hydrogen (secondary N) is 2. The zero-order valence-corrected chi connectivity index (χ0v) is 20.4. The number of nitrogens with two attached hydrogens (primary N) is 1. The molecule has 16 heteroatoms. The van der Waals surface area contributed by atoms with Crippen molar-refractivity contribution in [3.63, 3.8) is 0 Å². The lowest BCUT2D eigenvalue weighted by Crippen LogP contribution is -2.26. The van der Waals surface area contributed by atoms with E-state index in [0.29, 0.717) is 12.0 Å². The number of carbonyl (C=O) groups excluding carboxylic acids is 2. The van der Waals surface area contributed by atoms with Crippen LogP contribution in [0.25, 0.3) is 11.2 Å². The van der Waals surface area contributed by atoms with E-state index in [1.807, 2.05) is 6.92 Å². The van der Waals surface area contributed by atoms with E-state index < -0.39 is 31.6 Å². The molecule has 188 valence electrons. The highest BCUT2D eigenvalue weighted by Crippen LogP contribution is 2.45. The summed E-state index contributed by atoms with van der Waals surface area (Å²) in [5.74, 6) is -0.412. The van der Waals surface area contributed by atoms with Crippen LogP contribution in [0.1, 0.15) is 26.5 Å². The van der Waals surface area contributed by atoms with Crippen LogP contribution < -0.4 is 16.4 Å². The lowest BCUT2D eigenvalue weighted by Gasteiger charge is -2.21. The fraction of sp³-hybridized carbons (Fsp3) is 0.611. The Morgan fingerprint density at radius 3 is 3.03 bits per heavy atom. The van der Waals surface area contributed by atoms with Crippen LogP contribution in [0.5, 0.6) is 0 Å². The summed E-state index contributed by atoms with van der Waals surface area (Å²) in [4.78, 5) is 44.8. The first kappa shape index (κ1) is 26.3. The van der Waals surface area contributed by atoms with Crippen molar-refractivity contribution in [3.8, 4) is 0 Å². The molecule has 0 aliphatic carbocycles. The lowest BCUT2D eigenvalue weighted by atomic mass is 10.1. The fourth-order valence-corrected chi connectivity index (χ4v) is 5.10. The van der Waals surface area contributed by atoms with Crippen molar-refractivity contribution in [1.82, 2.24) is 24.6 Å². The van der Waals surface area contributed by atoms with Gasteiger partial charge in [0.1, 0.15) is 12.8 Å². The third kappa shape index (κ3) is 6.64. The second-order valence-electron chi connectivity index (χ2n) is 7.37. The minimum absolute atomic E-state index is 0.0231. The largest absolute Gasteiger partial charge is 0.465 e. The third-order valence-corrected chi connectivity index (χ3v) is 6.96. The van der Waals surface area contributed by atoms with Gasteiger partial charge in [0, 0.05) is 11.7 Å². The molecule has 1 fully saturated rings. The van der Waals surface area contributed by atoms with Gasteiger partial charge < -0.3 is 15.2 Å². The van der Waals surface area contributed by atoms with Gasteiger partial charge in [-0.25, -0.2) is 14.6 Å². The molecule has 0 aromatic carbocycles. The van der Waals surface area contributed by atoms with E-state index in [1.165, 1.54) is 6.33 Å². The number of anilines is 1. The Kier molecular flexibility index (Phi) is 9.22. The van der Waals surface area contributed by atoms with Crippen LogP contribution in [-0.4, -0.2) is 69.3 Å². The first-order valence-corrected chi connectivity index (χ1v) is 13.1. The summed E-state index contributed by atoms with van der Waals surface area (Å²) >= 11 is 0.952. The van der Waals surface area contributed by atoms with E-state index in [0.717, 1.165) is 11.8 Å². The Morgan fingerprint density at radius 1 is 1.50 bits per heavy atom. The van der Waals surface area contributed by atoms with E-state index in [2.05, 4.69) is 20.0 Å². The van der Waals surface area contributed by atoms with Crippen molar-refractivity contribution < 1.29 is 32.7 Å². The van der Waals surface area contributed by atoms with Crippen molar-refractivity contribution in [2.24, 2.45) is 5.92 Å². The number of H-pyrrole nitrogens is 1. The fourth-order valence-electron chi connectivity index (χ4n) is 3.43. The maximum absolute atomic E-state index is 13.1. The van der Waals surface area contributed by atoms with Gasteiger partial charge in [-0.15, -0.1) is 0 Å². The summed E-state index contributed by atoms with van der Waals surface area (Å²) < 4.78 is 36.5. The Bertz CT molecular complexity index is 1110. The second kappa shape index (κ2) is 11.9. The maximum Gasteiger partial charge on any atom is 0.406 e. The number of rotatable bonds is 13. The highest BCUT2D eigenvalue weighted by atomic mass is 32.2. The number of hydrogen-bond donors (Lipinski definition) is 3. The number of thioether (sulfide) groups is 1. The first-order valence-electron chi connectivity index (χ1n) is 10.5. The standard InChI is InChI=1S/C18H27N6O8PS/c1-3-29-13(26)7-21-33(28,30-4-5-34-10-25)31-8-12-6-11(2)17(32-12)24-9-20-14-15(24)22-18(19)23-16(14)27/h9-12,17H,3-8H2,1-2H3,(H,21,28)(H3,19,22,23,27). The highest BCUT2D eigenvalue weighted by Gasteiger charge is 2.37. The maximum atomic E-state index is 13.1. The van der Waals surface area contributed by atoms with Gasteiger partial charge in [0.2, 0.25) is 5.95 Å². The van der Waals surface area contributed by atoms with Gasteiger partial charge in [0.25, 0.3) is 5.56 Å². The summed E-state index contributed by atoms with van der Waals surface area (Å²) in [6, 6.07) is 0. The van der Waals surface area contributed by atoms with Crippen molar-refractivity contribution in [1.29, 1.82) is 0 Å². The van der Waals surface area contributed by atoms with Crippen LogP contribution in [0.2, 0.25) is 0 Å². The molecule has 4 unspecified atom stereocenters. The minimum atomic E-state index is -3.89. The Morgan fingerprint density at radius 2 is 2.29 bits per heavy atom. The Hall–Kier alpha value is -2.29. The van der Waals surface area contributed by atoms with Gasteiger partial charge in [-0.2, -0.15) is 4.98 Å². The molecular formula is C18H27N6O8PS. The van der Waals surface area contributed by atoms with Crippen LogP contribution in [-0.2, 0) is 32.7 Å². The van der Waals surface area contributed by atoms with Crippen molar-refractivity contribution in [2.75, 3.05) is 37.9 Å². The molecule has 4 N–H and O–H groups in total. The molecule has 1 aliphatic rings. The Balaban J connectivity index is 1.65. The average Bonchev–Trinajstić information content (AvgIpc) is 3.37. The van der Waals surface area contributed by atoms with Crippen LogP contribution in [0, 0.1) is 5.92 Å². The van der Waals surface area contributed by atoms with Gasteiger partial charge in [-0.1, -0.05) is 18.7 Å². The molecule has 4 atom stereocenters. The van der Waals surface area contributed by atoms with E-state index in [9.17, 15) is 18.9 Å². The normalized spacial score (nSPS) is 22.0. The number of aromatic nitrogens is 4. The lowest BCUT2D eigenvalue weighted by molar-refractivity contribution is -0.141.